The smallest absolute Gasteiger partial charge is 0.416 e. The molecule has 11 heteroatoms. The number of alkyl halides is 3. The number of nitrogens with one attached hydrogen (secondary N) is 1. The van der Waals surface area contributed by atoms with Crippen molar-refractivity contribution in [2.75, 3.05) is 7.11 Å². The lowest BCUT2D eigenvalue weighted by Gasteiger charge is -2.11. The number of benzene rings is 1. The molecular weight excluding hydrogens is 393 g/mol. The molecule has 0 radical (unpaired) electrons. The fraction of sp³-hybridized carbons (Fsp3) is 0.222. The van der Waals surface area contributed by atoms with E-state index >= 15 is 0 Å². The average molecular weight is 408 g/mol. The third-order valence-electron chi connectivity index (χ3n) is 3.96. The number of carbonyl (C=O) groups excluding carboxylic acids is 1. The van der Waals surface area contributed by atoms with Gasteiger partial charge >= 0.3 is 6.18 Å². The maximum atomic E-state index is 12.6. The first-order valence-corrected chi connectivity index (χ1v) is 8.24. The van der Waals surface area contributed by atoms with Crippen molar-refractivity contribution in [3.63, 3.8) is 0 Å². The molecule has 0 aliphatic rings. The summed E-state index contributed by atoms with van der Waals surface area (Å²) in [5.74, 6) is -0.942. The highest BCUT2D eigenvalue weighted by atomic mass is 19.4. The topological polar surface area (TPSA) is 110 Å². The number of ether oxygens (including phenoxy) is 1. The Bertz CT molecular complexity index is 1020. The van der Waals surface area contributed by atoms with Crippen LogP contribution in [0.1, 0.15) is 34.8 Å². The highest BCUT2D eigenvalue weighted by Gasteiger charge is 2.30. The van der Waals surface area contributed by atoms with Crippen LogP contribution in [-0.4, -0.2) is 33.2 Å². The van der Waals surface area contributed by atoms with Gasteiger partial charge in [0.2, 0.25) is 0 Å². The summed E-state index contributed by atoms with van der Waals surface area (Å²) < 4.78 is 47.9. The quantitative estimate of drug-likeness (QED) is 0.666. The third-order valence-corrected chi connectivity index (χ3v) is 3.96. The van der Waals surface area contributed by atoms with E-state index in [1.165, 1.54) is 31.5 Å². The molecule has 8 nitrogen and oxygen atoms in total. The number of carbonyl (C=O) groups is 1. The Morgan fingerprint density at radius 1 is 1.24 bits per heavy atom. The molecule has 2 N–H and O–H groups in total. The highest BCUT2D eigenvalue weighted by Crippen LogP contribution is 2.31. The molecule has 0 spiro atoms. The summed E-state index contributed by atoms with van der Waals surface area (Å²) in [6.07, 6.45) is -3.15. The van der Waals surface area contributed by atoms with Crippen molar-refractivity contribution >= 4 is 5.91 Å². The summed E-state index contributed by atoms with van der Waals surface area (Å²) in [5, 5.41) is 16.3. The van der Waals surface area contributed by atoms with Gasteiger partial charge in [0.25, 0.3) is 11.8 Å². The third kappa shape index (κ3) is 4.28. The second kappa shape index (κ2) is 7.78. The van der Waals surface area contributed by atoms with Gasteiger partial charge in [0.15, 0.2) is 23.0 Å². The minimum absolute atomic E-state index is 0.00261. The first-order chi connectivity index (χ1) is 13.7. The summed E-state index contributed by atoms with van der Waals surface area (Å²) in [5.41, 5.74) is -0.753. The molecule has 0 aliphatic heterocycles. The minimum Gasteiger partial charge on any atom is -0.503 e. The summed E-state index contributed by atoms with van der Waals surface area (Å²) in [6, 6.07) is 4.89. The Kier molecular flexibility index (Phi) is 5.39. The van der Waals surface area contributed by atoms with E-state index in [-0.39, 0.29) is 23.2 Å². The van der Waals surface area contributed by atoms with Crippen molar-refractivity contribution in [3.05, 3.63) is 53.6 Å². The molecule has 1 atom stereocenters. The molecule has 0 bridgehead atoms. The fourth-order valence-electron chi connectivity index (χ4n) is 2.43. The second-order valence-corrected chi connectivity index (χ2v) is 5.94. The van der Waals surface area contributed by atoms with Gasteiger partial charge in [-0.15, -0.1) is 0 Å². The first kappa shape index (κ1) is 20.1. The van der Waals surface area contributed by atoms with Gasteiger partial charge in [0, 0.05) is 17.8 Å². The van der Waals surface area contributed by atoms with E-state index in [1.807, 2.05) is 0 Å². The van der Waals surface area contributed by atoms with Crippen molar-refractivity contribution in [2.45, 2.75) is 19.1 Å². The highest BCUT2D eigenvalue weighted by molar-refractivity contribution is 5.95. The van der Waals surface area contributed by atoms with Crippen molar-refractivity contribution in [1.29, 1.82) is 0 Å². The molecule has 3 rings (SSSR count). The standard InChI is InChI=1S/C18H15F3N4O4/c1-9(23-16(27)13-14(26)12(28-2)7-8-22-13)15-24-17(29-25-15)10-3-5-11(6-4-10)18(19,20)21/h3-9,26H,1-2H3,(H,23,27)/t9-/m0/s1. The summed E-state index contributed by atoms with van der Waals surface area (Å²) in [6.45, 7) is 1.57. The molecule has 1 aromatic carbocycles. The van der Waals surface area contributed by atoms with Crippen LogP contribution in [0.4, 0.5) is 13.2 Å². The number of hydrogen-bond acceptors (Lipinski definition) is 7. The molecule has 0 aliphatic carbocycles. The maximum absolute atomic E-state index is 12.6. The van der Waals surface area contributed by atoms with Gasteiger partial charge in [-0.2, -0.15) is 18.2 Å². The Morgan fingerprint density at radius 2 is 1.93 bits per heavy atom. The first-order valence-electron chi connectivity index (χ1n) is 8.24. The molecule has 29 heavy (non-hydrogen) atoms. The zero-order chi connectivity index (χ0) is 21.2. The molecule has 1 amide bonds. The van der Waals surface area contributed by atoms with Crippen molar-refractivity contribution in [1.82, 2.24) is 20.4 Å². The van der Waals surface area contributed by atoms with Gasteiger partial charge in [0.05, 0.1) is 18.7 Å². The number of methoxy groups -OCH3 is 1. The molecular formula is C18H15F3N4O4. The van der Waals surface area contributed by atoms with E-state index in [0.717, 1.165) is 12.1 Å². The zero-order valence-corrected chi connectivity index (χ0v) is 15.2. The summed E-state index contributed by atoms with van der Waals surface area (Å²) in [4.78, 5) is 20.3. The molecule has 0 fully saturated rings. The maximum Gasteiger partial charge on any atom is 0.416 e. The number of pyridine rings is 1. The number of halogens is 3. The molecule has 3 aromatic rings. The van der Waals surface area contributed by atoms with Gasteiger partial charge in [-0.25, -0.2) is 4.98 Å². The number of aromatic hydroxyl groups is 1. The largest absolute Gasteiger partial charge is 0.503 e. The van der Waals surface area contributed by atoms with Crippen molar-refractivity contribution < 1.29 is 32.3 Å². The second-order valence-electron chi connectivity index (χ2n) is 5.94. The van der Waals surface area contributed by atoms with E-state index in [4.69, 9.17) is 9.26 Å². The summed E-state index contributed by atoms with van der Waals surface area (Å²) in [7, 11) is 1.33. The van der Waals surface area contributed by atoms with Crippen LogP contribution in [0.2, 0.25) is 0 Å². The lowest BCUT2D eigenvalue weighted by Crippen LogP contribution is -2.28. The number of aromatic nitrogens is 3. The lowest BCUT2D eigenvalue weighted by atomic mass is 10.1. The van der Waals surface area contributed by atoms with Gasteiger partial charge in [-0.05, 0) is 31.2 Å². The predicted octanol–water partition coefficient (Wildman–Crippen LogP) is 3.36. The Morgan fingerprint density at radius 3 is 2.55 bits per heavy atom. The Balaban J connectivity index is 1.74. The predicted molar refractivity (Wildman–Crippen MR) is 93.1 cm³/mol. The van der Waals surface area contributed by atoms with E-state index in [2.05, 4.69) is 20.4 Å². The van der Waals surface area contributed by atoms with Crippen LogP contribution in [0.5, 0.6) is 11.5 Å². The van der Waals surface area contributed by atoms with E-state index in [1.54, 1.807) is 6.92 Å². The van der Waals surface area contributed by atoms with E-state index in [0.29, 0.717) is 5.56 Å². The molecule has 0 saturated heterocycles. The van der Waals surface area contributed by atoms with Crippen LogP contribution in [0.15, 0.2) is 41.1 Å². The van der Waals surface area contributed by atoms with Crippen LogP contribution < -0.4 is 10.1 Å². The normalized spacial score (nSPS) is 12.4. The van der Waals surface area contributed by atoms with Crippen LogP contribution in [0.3, 0.4) is 0 Å². The van der Waals surface area contributed by atoms with Crippen LogP contribution in [-0.2, 0) is 6.18 Å². The number of hydrogen-bond donors (Lipinski definition) is 2. The monoisotopic (exact) mass is 408 g/mol. The summed E-state index contributed by atoms with van der Waals surface area (Å²) >= 11 is 0. The van der Waals surface area contributed by atoms with Gasteiger partial charge in [-0.3, -0.25) is 4.79 Å². The molecule has 2 heterocycles. The molecule has 0 unspecified atom stereocenters. The van der Waals surface area contributed by atoms with Crippen molar-refractivity contribution in [3.8, 4) is 23.0 Å². The average Bonchev–Trinajstić information content (AvgIpc) is 3.18. The molecule has 152 valence electrons. The van der Waals surface area contributed by atoms with Crippen LogP contribution >= 0.6 is 0 Å². The Hall–Kier alpha value is -3.63. The van der Waals surface area contributed by atoms with Gasteiger partial charge < -0.3 is 19.7 Å². The fourth-order valence-corrected chi connectivity index (χ4v) is 2.43. The minimum atomic E-state index is -4.45. The van der Waals surface area contributed by atoms with E-state index < -0.39 is 29.4 Å². The lowest BCUT2D eigenvalue weighted by molar-refractivity contribution is -0.137. The van der Waals surface area contributed by atoms with Gasteiger partial charge in [0.1, 0.15) is 0 Å². The number of amides is 1. The number of rotatable bonds is 5. The van der Waals surface area contributed by atoms with E-state index in [9.17, 15) is 23.1 Å². The Labute approximate surface area is 162 Å². The number of nitrogens with zero attached hydrogens (tertiary/aromatic N) is 3. The van der Waals surface area contributed by atoms with Crippen LogP contribution in [0.25, 0.3) is 11.5 Å². The zero-order valence-electron chi connectivity index (χ0n) is 15.2. The SMILES string of the molecule is COc1ccnc(C(=O)N[C@@H](C)c2noc(-c3ccc(C(F)(F)F)cc3)n2)c1O. The molecule has 0 saturated carbocycles. The van der Waals surface area contributed by atoms with Crippen LogP contribution in [0, 0.1) is 0 Å². The van der Waals surface area contributed by atoms with Gasteiger partial charge in [-0.1, -0.05) is 5.16 Å². The molecule has 2 aromatic heterocycles. The van der Waals surface area contributed by atoms with Crippen molar-refractivity contribution in [2.24, 2.45) is 0 Å².